The minimum atomic E-state index is -0.607. The fourth-order valence-electron chi connectivity index (χ4n) is 1.67. The van der Waals surface area contributed by atoms with Gasteiger partial charge in [-0.3, -0.25) is 0 Å². The highest BCUT2D eigenvalue weighted by Crippen LogP contribution is 2.26. The summed E-state index contributed by atoms with van der Waals surface area (Å²) in [7, 11) is 0. The number of rotatable bonds is 4. The first-order valence-corrected chi connectivity index (χ1v) is 7.23. The summed E-state index contributed by atoms with van der Waals surface area (Å²) in [5, 5.41) is 14.3. The molecule has 0 spiro atoms. The molecule has 100 valence electrons. The van der Waals surface area contributed by atoms with Crippen LogP contribution in [0.15, 0.2) is 46.9 Å². The van der Waals surface area contributed by atoms with Crippen LogP contribution in [0.3, 0.4) is 0 Å². The molecule has 1 atom stereocenters. The number of hydrogen-bond donors (Lipinski definition) is 2. The topological polar surface area (TPSA) is 32.3 Å². The lowest BCUT2D eigenvalue weighted by molar-refractivity contribution is 0.191. The van der Waals surface area contributed by atoms with E-state index in [1.807, 2.05) is 24.3 Å². The first-order valence-electron chi connectivity index (χ1n) is 5.69. The third kappa shape index (κ3) is 4.11. The number of nitrogens with one attached hydrogen (secondary N) is 1. The molecule has 1 unspecified atom stereocenters. The second-order valence-electron chi connectivity index (χ2n) is 4.08. The summed E-state index contributed by atoms with van der Waals surface area (Å²) >= 11 is 15.3. The maximum absolute atomic E-state index is 10.1. The molecule has 0 aliphatic carbocycles. The molecule has 19 heavy (non-hydrogen) atoms. The van der Waals surface area contributed by atoms with E-state index >= 15 is 0 Å². The number of anilines is 1. The summed E-state index contributed by atoms with van der Waals surface area (Å²) < 4.78 is 0.938. The fraction of sp³-hybridized carbons (Fsp3) is 0.143. The van der Waals surface area contributed by atoms with Gasteiger partial charge in [0.25, 0.3) is 0 Å². The van der Waals surface area contributed by atoms with Crippen molar-refractivity contribution < 1.29 is 5.11 Å². The number of aliphatic hydroxyl groups is 1. The SMILES string of the molecule is OC(CNc1ccc(Cl)cc1Cl)c1cccc(Br)c1. The average molecular weight is 361 g/mol. The monoisotopic (exact) mass is 359 g/mol. The van der Waals surface area contributed by atoms with E-state index in [0.29, 0.717) is 16.6 Å². The van der Waals surface area contributed by atoms with Crippen molar-refractivity contribution in [3.05, 3.63) is 62.5 Å². The Balaban J connectivity index is 2.02. The van der Waals surface area contributed by atoms with Crippen LogP contribution in [0.4, 0.5) is 5.69 Å². The van der Waals surface area contributed by atoms with Crippen LogP contribution in [-0.2, 0) is 0 Å². The molecule has 2 nitrogen and oxygen atoms in total. The van der Waals surface area contributed by atoms with Gasteiger partial charge in [0.05, 0.1) is 16.8 Å². The van der Waals surface area contributed by atoms with Gasteiger partial charge in [-0.05, 0) is 35.9 Å². The van der Waals surface area contributed by atoms with E-state index in [1.165, 1.54) is 0 Å². The zero-order valence-corrected chi connectivity index (χ0v) is 13.0. The van der Waals surface area contributed by atoms with Crippen molar-refractivity contribution in [2.45, 2.75) is 6.10 Å². The van der Waals surface area contributed by atoms with Gasteiger partial charge in [-0.2, -0.15) is 0 Å². The quantitative estimate of drug-likeness (QED) is 0.812. The van der Waals surface area contributed by atoms with Crippen molar-refractivity contribution in [3.63, 3.8) is 0 Å². The van der Waals surface area contributed by atoms with Gasteiger partial charge in [0, 0.05) is 16.0 Å². The zero-order valence-electron chi connectivity index (χ0n) is 9.91. The molecular formula is C14H12BrCl2NO. The Morgan fingerprint density at radius 3 is 2.63 bits per heavy atom. The molecule has 2 rings (SSSR count). The van der Waals surface area contributed by atoms with Gasteiger partial charge in [-0.1, -0.05) is 51.3 Å². The fourth-order valence-corrected chi connectivity index (χ4v) is 2.56. The molecule has 0 fully saturated rings. The number of hydrogen-bond acceptors (Lipinski definition) is 2. The Morgan fingerprint density at radius 2 is 1.95 bits per heavy atom. The maximum atomic E-state index is 10.1. The molecule has 2 aromatic carbocycles. The average Bonchev–Trinajstić information content (AvgIpc) is 2.37. The van der Waals surface area contributed by atoms with Crippen LogP contribution in [0, 0.1) is 0 Å². The standard InChI is InChI=1S/C14H12BrCl2NO/c15-10-3-1-2-9(6-10)14(19)8-18-13-5-4-11(16)7-12(13)17/h1-7,14,18-19H,8H2. The van der Waals surface area contributed by atoms with Gasteiger partial charge < -0.3 is 10.4 Å². The second-order valence-corrected chi connectivity index (χ2v) is 5.84. The van der Waals surface area contributed by atoms with E-state index in [2.05, 4.69) is 21.2 Å². The first kappa shape index (κ1) is 14.7. The molecule has 0 saturated heterocycles. The summed E-state index contributed by atoms with van der Waals surface area (Å²) in [6.07, 6.45) is -0.607. The molecule has 0 heterocycles. The highest BCUT2D eigenvalue weighted by molar-refractivity contribution is 9.10. The Kier molecular flexibility index (Phi) is 5.11. The van der Waals surface area contributed by atoms with E-state index < -0.39 is 6.10 Å². The highest BCUT2D eigenvalue weighted by Gasteiger charge is 2.08. The van der Waals surface area contributed by atoms with Crippen molar-refractivity contribution in [3.8, 4) is 0 Å². The Morgan fingerprint density at radius 1 is 1.16 bits per heavy atom. The molecule has 0 aliphatic heterocycles. The van der Waals surface area contributed by atoms with Gasteiger partial charge in [0.2, 0.25) is 0 Å². The van der Waals surface area contributed by atoms with Crippen LogP contribution in [0.25, 0.3) is 0 Å². The summed E-state index contributed by atoms with van der Waals surface area (Å²) in [6.45, 7) is 0.373. The molecule has 0 aromatic heterocycles. The minimum Gasteiger partial charge on any atom is -0.387 e. The van der Waals surface area contributed by atoms with E-state index in [9.17, 15) is 5.11 Å². The molecule has 0 aliphatic rings. The normalized spacial score (nSPS) is 12.2. The third-order valence-corrected chi connectivity index (χ3v) is 3.69. The molecule has 5 heteroatoms. The van der Waals surface area contributed by atoms with E-state index in [1.54, 1.807) is 18.2 Å². The molecule has 0 amide bonds. The molecular weight excluding hydrogens is 349 g/mol. The van der Waals surface area contributed by atoms with Crippen molar-refractivity contribution in [2.24, 2.45) is 0 Å². The minimum absolute atomic E-state index is 0.373. The van der Waals surface area contributed by atoms with Crippen LogP contribution in [0.5, 0.6) is 0 Å². The van der Waals surface area contributed by atoms with Crippen LogP contribution in [0.2, 0.25) is 10.0 Å². The molecule has 0 radical (unpaired) electrons. The van der Waals surface area contributed by atoms with Crippen LogP contribution >= 0.6 is 39.1 Å². The van der Waals surface area contributed by atoms with Crippen LogP contribution < -0.4 is 5.32 Å². The molecule has 0 saturated carbocycles. The summed E-state index contributed by atoms with van der Waals surface area (Å²) in [5.41, 5.74) is 1.59. The lowest BCUT2D eigenvalue weighted by atomic mass is 10.1. The third-order valence-electron chi connectivity index (χ3n) is 2.65. The zero-order chi connectivity index (χ0) is 13.8. The summed E-state index contributed by atoms with van der Waals surface area (Å²) in [4.78, 5) is 0. The van der Waals surface area contributed by atoms with Crippen molar-refractivity contribution in [2.75, 3.05) is 11.9 Å². The second kappa shape index (κ2) is 6.62. The predicted molar refractivity (Wildman–Crippen MR) is 84.1 cm³/mol. The predicted octanol–water partition coefficient (Wildman–Crippen LogP) is 4.90. The number of halogens is 3. The Bertz CT molecular complexity index is 577. The van der Waals surface area contributed by atoms with Crippen molar-refractivity contribution in [1.82, 2.24) is 0 Å². The van der Waals surface area contributed by atoms with Crippen molar-refractivity contribution in [1.29, 1.82) is 0 Å². The summed E-state index contributed by atoms with van der Waals surface area (Å²) in [5.74, 6) is 0. The number of benzene rings is 2. The van der Waals surface area contributed by atoms with Crippen LogP contribution in [-0.4, -0.2) is 11.7 Å². The smallest absolute Gasteiger partial charge is 0.0962 e. The van der Waals surface area contributed by atoms with Gasteiger partial charge >= 0.3 is 0 Å². The lowest BCUT2D eigenvalue weighted by Crippen LogP contribution is -2.12. The lowest BCUT2D eigenvalue weighted by Gasteiger charge is -2.14. The maximum Gasteiger partial charge on any atom is 0.0962 e. The van der Waals surface area contributed by atoms with Crippen molar-refractivity contribution >= 4 is 44.8 Å². The molecule has 2 N–H and O–H groups in total. The first-order chi connectivity index (χ1) is 9.06. The van der Waals surface area contributed by atoms with E-state index in [-0.39, 0.29) is 0 Å². The molecule has 0 bridgehead atoms. The van der Waals surface area contributed by atoms with Gasteiger partial charge in [-0.25, -0.2) is 0 Å². The van der Waals surface area contributed by atoms with E-state index in [4.69, 9.17) is 23.2 Å². The Hall–Kier alpha value is -0.740. The Labute approximate surface area is 130 Å². The number of aliphatic hydroxyl groups excluding tert-OH is 1. The van der Waals surface area contributed by atoms with Gasteiger partial charge in [0.1, 0.15) is 0 Å². The van der Waals surface area contributed by atoms with E-state index in [0.717, 1.165) is 15.7 Å². The van der Waals surface area contributed by atoms with Crippen LogP contribution in [0.1, 0.15) is 11.7 Å². The van der Waals surface area contributed by atoms with Gasteiger partial charge in [-0.15, -0.1) is 0 Å². The highest BCUT2D eigenvalue weighted by atomic mass is 79.9. The largest absolute Gasteiger partial charge is 0.387 e. The summed E-state index contributed by atoms with van der Waals surface area (Å²) in [6, 6.07) is 12.8. The van der Waals surface area contributed by atoms with Gasteiger partial charge in [0.15, 0.2) is 0 Å². The molecule has 2 aromatic rings.